The summed E-state index contributed by atoms with van der Waals surface area (Å²) in [7, 11) is 4.57. The van der Waals surface area contributed by atoms with Gasteiger partial charge in [-0.05, 0) is 52.7 Å². The number of esters is 1. The number of nitrogens with one attached hydrogen (secondary N) is 1. The van der Waals surface area contributed by atoms with E-state index in [1.54, 1.807) is 42.6 Å². The van der Waals surface area contributed by atoms with Gasteiger partial charge in [-0.2, -0.15) is 11.3 Å². The van der Waals surface area contributed by atoms with Crippen molar-refractivity contribution in [1.29, 1.82) is 0 Å². The van der Waals surface area contributed by atoms with Crippen LogP contribution in [0.2, 0.25) is 0 Å². The summed E-state index contributed by atoms with van der Waals surface area (Å²) in [5, 5.41) is 6.59. The van der Waals surface area contributed by atoms with E-state index in [0.29, 0.717) is 18.0 Å². The zero-order chi connectivity index (χ0) is 25.2. The number of anilines is 1. The summed E-state index contributed by atoms with van der Waals surface area (Å²) < 4.78 is 21.2. The molecule has 9 nitrogen and oxygen atoms in total. The summed E-state index contributed by atoms with van der Waals surface area (Å²) in [6.45, 7) is -0.239. The lowest BCUT2D eigenvalue weighted by Gasteiger charge is -2.16. The molecular weight excluding hydrogens is 472 g/mol. The predicted molar refractivity (Wildman–Crippen MR) is 131 cm³/mol. The van der Waals surface area contributed by atoms with Crippen LogP contribution in [0.15, 0.2) is 59.3 Å². The molecule has 0 saturated carbocycles. The summed E-state index contributed by atoms with van der Waals surface area (Å²) in [4.78, 5) is 38.5. The molecule has 10 heteroatoms. The number of ether oxygens (including phenoxy) is 4. The van der Waals surface area contributed by atoms with Crippen molar-refractivity contribution in [1.82, 2.24) is 4.90 Å². The number of carbonyl (C=O) groups is 3. The van der Waals surface area contributed by atoms with Crippen molar-refractivity contribution in [3.8, 4) is 17.2 Å². The Balaban J connectivity index is 1.53. The van der Waals surface area contributed by atoms with Crippen molar-refractivity contribution < 1.29 is 33.3 Å². The molecule has 1 aromatic heterocycles. The molecule has 0 fully saturated rings. The van der Waals surface area contributed by atoms with Crippen LogP contribution in [-0.4, -0.2) is 57.2 Å². The summed E-state index contributed by atoms with van der Waals surface area (Å²) in [5.41, 5.74) is 1.71. The van der Waals surface area contributed by atoms with Gasteiger partial charge in [-0.25, -0.2) is 4.79 Å². The molecule has 0 bridgehead atoms. The fourth-order valence-corrected chi connectivity index (χ4v) is 3.72. The first-order valence-electron chi connectivity index (χ1n) is 10.6. The Kier molecular flexibility index (Phi) is 9.08. The molecule has 1 heterocycles. The average Bonchev–Trinajstić information content (AvgIpc) is 3.39. The molecule has 0 aliphatic rings. The van der Waals surface area contributed by atoms with E-state index in [0.717, 1.165) is 5.56 Å². The van der Waals surface area contributed by atoms with E-state index in [4.69, 9.17) is 18.9 Å². The van der Waals surface area contributed by atoms with Crippen LogP contribution in [0.4, 0.5) is 5.69 Å². The van der Waals surface area contributed by atoms with Gasteiger partial charge < -0.3 is 29.2 Å². The van der Waals surface area contributed by atoms with Crippen molar-refractivity contribution in [2.75, 3.05) is 39.8 Å². The van der Waals surface area contributed by atoms with Crippen LogP contribution >= 0.6 is 11.3 Å². The van der Waals surface area contributed by atoms with E-state index in [9.17, 15) is 14.4 Å². The monoisotopic (exact) mass is 498 g/mol. The lowest BCUT2D eigenvalue weighted by molar-refractivity contribution is -0.133. The number of hydrogen-bond donors (Lipinski definition) is 1. The first kappa shape index (κ1) is 25.6. The molecule has 2 amide bonds. The van der Waals surface area contributed by atoms with Gasteiger partial charge in [-0.3, -0.25) is 9.59 Å². The number of benzene rings is 2. The number of likely N-dealkylation sites (N-methyl/N-ethyl adjacent to an activating group) is 1. The van der Waals surface area contributed by atoms with Gasteiger partial charge in [0.1, 0.15) is 5.75 Å². The zero-order valence-electron chi connectivity index (χ0n) is 19.6. The normalized spacial score (nSPS) is 10.3. The third kappa shape index (κ3) is 7.21. The third-order valence-electron chi connectivity index (χ3n) is 4.89. The van der Waals surface area contributed by atoms with Crippen molar-refractivity contribution in [2.45, 2.75) is 6.54 Å². The maximum Gasteiger partial charge on any atom is 0.338 e. The van der Waals surface area contributed by atoms with E-state index in [2.05, 4.69) is 5.32 Å². The van der Waals surface area contributed by atoms with E-state index >= 15 is 0 Å². The minimum absolute atomic E-state index is 0.181. The van der Waals surface area contributed by atoms with Gasteiger partial charge in [0.2, 0.25) is 0 Å². The minimum Gasteiger partial charge on any atom is -0.495 e. The Labute approximate surface area is 207 Å². The number of rotatable bonds is 11. The van der Waals surface area contributed by atoms with Crippen LogP contribution < -0.4 is 19.5 Å². The van der Waals surface area contributed by atoms with Crippen molar-refractivity contribution in [3.63, 3.8) is 0 Å². The van der Waals surface area contributed by atoms with Crippen LogP contribution in [0.3, 0.4) is 0 Å². The standard InChI is InChI=1S/C25H26N2O7S/c1-27(13-17-10-11-35-16-17)24(29)15-34-25(30)18-8-9-21(22(12-18)32-3)33-14-23(28)26-19-6-4-5-7-20(19)31-2/h4-12,16H,13-15H2,1-3H3,(H,26,28). The number of para-hydroxylation sites is 2. The second kappa shape index (κ2) is 12.4. The molecule has 0 saturated heterocycles. The zero-order valence-corrected chi connectivity index (χ0v) is 20.4. The van der Waals surface area contributed by atoms with Crippen molar-refractivity contribution in [3.05, 3.63) is 70.4 Å². The fourth-order valence-electron chi connectivity index (χ4n) is 3.06. The Bertz CT molecular complexity index is 1160. The third-order valence-corrected chi connectivity index (χ3v) is 5.62. The van der Waals surface area contributed by atoms with Crippen LogP contribution in [-0.2, 0) is 20.9 Å². The van der Waals surface area contributed by atoms with Crippen LogP contribution in [0.25, 0.3) is 0 Å². The van der Waals surface area contributed by atoms with Crippen LogP contribution in [0.1, 0.15) is 15.9 Å². The molecular formula is C25H26N2O7S. The van der Waals surface area contributed by atoms with E-state index in [1.165, 1.54) is 37.3 Å². The second-order valence-corrected chi connectivity index (χ2v) is 8.14. The molecule has 184 valence electrons. The Morgan fingerprint density at radius 3 is 2.43 bits per heavy atom. The Morgan fingerprint density at radius 2 is 1.71 bits per heavy atom. The van der Waals surface area contributed by atoms with Gasteiger partial charge in [0.15, 0.2) is 24.7 Å². The first-order valence-corrected chi connectivity index (χ1v) is 11.5. The molecule has 0 unspecified atom stereocenters. The molecule has 0 radical (unpaired) electrons. The molecule has 35 heavy (non-hydrogen) atoms. The highest BCUT2D eigenvalue weighted by molar-refractivity contribution is 7.07. The molecule has 3 aromatic rings. The van der Waals surface area contributed by atoms with E-state index in [-0.39, 0.29) is 36.2 Å². The molecule has 1 N–H and O–H groups in total. The van der Waals surface area contributed by atoms with E-state index in [1.807, 2.05) is 16.8 Å². The highest BCUT2D eigenvalue weighted by atomic mass is 32.1. The Morgan fingerprint density at radius 1 is 0.943 bits per heavy atom. The smallest absolute Gasteiger partial charge is 0.338 e. The van der Waals surface area contributed by atoms with Crippen LogP contribution in [0.5, 0.6) is 17.2 Å². The van der Waals surface area contributed by atoms with Gasteiger partial charge in [0, 0.05) is 13.6 Å². The first-order chi connectivity index (χ1) is 16.9. The number of amides is 2. The molecule has 0 aliphatic carbocycles. The Hall–Kier alpha value is -4.05. The van der Waals surface area contributed by atoms with Gasteiger partial charge in [0.05, 0.1) is 25.5 Å². The van der Waals surface area contributed by atoms with Gasteiger partial charge >= 0.3 is 5.97 Å². The van der Waals surface area contributed by atoms with E-state index < -0.39 is 11.9 Å². The SMILES string of the molecule is COc1ccccc1NC(=O)COc1ccc(C(=O)OCC(=O)N(C)Cc2ccsc2)cc1OC. The second-order valence-electron chi connectivity index (χ2n) is 7.36. The highest BCUT2D eigenvalue weighted by Crippen LogP contribution is 2.29. The maximum absolute atomic E-state index is 12.4. The molecule has 0 atom stereocenters. The van der Waals surface area contributed by atoms with Crippen LogP contribution in [0, 0.1) is 0 Å². The number of thiophene rings is 1. The van der Waals surface area contributed by atoms with Gasteiger partial charge in [-0.15, -0.1) is 0 Å². The maximum atomic E-state index is 12.4. The summed E-state index contributed by atoms with van der Waals surface area (Å²) in [6.07, 6.45) is 0. The number of methoxy groups -OCH3 is 2. The number of hydrogen-bond acceptors (Lipinski definition) is 8. The minimum atomic E-state index is -0.680. The molecule has 0 spiro atoms. The highest BCUT2D eigenvalue weighted by Gasteiger charge is 2.17. The van der Waals surface area contributed by atoms with Crippen molar-refractivity contribution >= 4 is 34.8 Å². The summed E-state index contributed by atoms with van der Waals surface area (Å²) in [6, 6.07) is 13.3. The largest absolute Gasteiger partial charge is 0.495 e. The fraction of sp³-hybridized carbons (Fsp3) is 0.240. The molecule has 2 aromatic carbocycles. The average molecular weight is 499 g/mol. The predicted octanol–water partition coefficient (Wildman–Crippen LogP) is 3.60. The lowest BCUT2D eigenvalue weighted by Crippen LogP contribution is -2.30. The lowest BCUT2D eigenvalue weighted by atomic mass is 10.2. The topological polar surface area (TPSA) is 103 Å². The molecule has 3 rings (SSSR count). The van der Waals surface area contributed by atoms with Gasteiger partial charge in [-0.1, -0.05) is 12.1 Å². The van der Waals surface area contributed by atoms with Crippen molar-refractivity contribution in [2.24, 2.45) is 0 Å². The van der Waals surface area contributed by atoms with Gasteiger partial charge in [0.25, 0.3) is 11.8 Å². The number of carbonyl (C=O) groups excluding carboxylic acids is 3. The quantitative estimate of drug-likeness (QED) is 0.403. The number of nitrogens with zero attached hydrogens (tertiary/aromatic N) is 1. The molecule has 0 aliphatic heterocycles. The summed E-state index contributed by atoms with van der Waals surface area (Å²) in [5.74, 6) is -0.364. The summed E-state index contributed by atoms with van der Waals surface area (Å²) >= 11 is 1.55.